The molecular weight excluding hydrogens is 347 g/mol. The van der Waals surface area contributed by atoms with Crippen LogP contribution in [0.15, 0.2) is 42.5 Å². The Balaban J connectivity index is 1.74. The van der Waals surface area contributed by atoms with Gasteiger partial charge in [-0.05, 0) is 55.3 Å². The highest BCUT2D eigenvalue weighted by atomic mass is 35.5. The molecule has 0 aromatic heterocycles. The molecule has 1 aliphatic rings. The molecule has 1 saturated carbocycles. The van der Waals surface area contributed by atoms with Crippen molar-refractivity contribution in [1.82, 2.24) is 0 Å². The van der Waals surface area contributed by atoms with Crippen LogP contribution in [0.25, 0.3) is 0 Å². The zero-order valence-electron chi connectivity index (χ0n) is 13.4. The van der Waals surface area contributed by atoms with Crippen molar-refractivity contribution in [2.45, 2.75) is 12.8 Å². The Morgan fingerprint density at radius 3 is 2.32 bits per heavy atom. The fraction of sp³-hybridized carbons (Fsp3) is 0.222. The maximum Gasteiger partial charge on any atom is 0.240 e. The molecule has 1 fully saturated rings. The van der Waals surface area contributed by atoms with Crippen LogP contribution < -0.4 is 15.4 Å². The number of carbonyl (C=O) groups is 2. The second-order valence-electron chi connectivity index (χ2n) is 5.84. The molecule has 2 N–H and O–H groups in total. The molecule has 2 amide bonds. The van der Waals surface area contributed by atoms with E-state index in [-0.39, 0.29) is 0 Å². The van der Waals surface area contributed by atoms with E-state index in [4.69, 9.17) is 16.3 Å². The molecule has 7 heteroatoms. The summed E-state index contributed by atoms with van der Waals surface area (Å²) >= 11 is 5.95. The lowest BCUT2D eigenvalue weighted by Crippen LogP contribution is -2.35. The number of hydrogen-bond donors (Lipinski definition) is 2. The molecular formula is C18H16ClFN2O3. The third-order valence-electron chi connectivity index (χ3n) is 4.13. The predicted octanol–water partition coefficient (Wildman–Crippen LogP) is 3.85. The number of anilines is 2. The van der Waals surface area contributed by atoms with Crippen molar-refractivity contribution < 1.29 is 18.7 Å². The van der Waals surface area contributed by atoms with Crippen LogP contribution in [0.1, 0.15) is 12.8 Å². The first-order valence-corrected chi connectivity index (χ1v) is 8.04. The molecule has 2 aromatic rings. The average molecular weight is 363 g/mol. The fourth-order valence-electron chi connectivity index (χ4n) is 2.49. The lowest BCUT2D eigenvalue weighted by molar-refractivity contribution is -0.131. The summed E-state index contributed by atoms with van der Waals surface area (Å²) in [7, 11) is 1.48. The van der Waals surface area contributed by atoms with E-state index in [9.17, 15) is 14.0 Å². The van der Waals surface area contributed by atoms with Gasteiger partial charge in [-0.2, -0.15) is 0 Å². The highest BCUT2D eigenvalue weighted by Crippen LogP contribution is 2.48. The largest absolute Gasteiger partial charge is 0.495 e. The summed E-state index contributed by atoms with van der Waals surface area (Å²) in [5, 5.41) is 5.81. The predicted molar refractivity (Wildman–Crippen MR) is 93.3 cm³/mol. The quantitative estimate of drug-likeness (QED) is 0.794. The van der Waals surface area contributed by atoms with E-state index in [0.717, 1.165) is 0 Å². The van der Waals surface area contributed by atoms with E-state index >= 15 is 0 Å². The van der Waals surface area contributed by atoms with E-state index < -0.39 is 23.0 Å². The van der Waals surface area contributed by atoms with E-state index in [0.29, 0.717) is 35.0 Å². The van der Waals surface area contributed by atoms with Crippen molar-refractivity contribution in [3.05, 3.63) is 53.3 Å². The molecule has 0 bridgehead atoms. The Morgan fingerprint density at radius 1 is 1.08 bits per heavy atom. The van der Waals surface area contributed by atoms with Gasteiger partial charge in [0.1, 0.15) is 17.0 Å². The number of halogens is 2. The summed E-state index contributed by atoms with van der Waals surface area (Å²) in [5.74, 6) is -0.789. The highest BCUT2D eigenvalue weighted by molar-refractivity contribution is 6.31. The number of hydrogen-bond acceptors (Lipinski definition) is 3. The summed E-state index contributed by atoms with van der Waals surface area (Å²) in [5.41, 5.74) is -0.298. The van der Waals surface area contributed by atoms with Crippen molar-refractivity contribution in [2.24, 2.45) is 5.41 Å². The van der Waals surface area contributed by atoms with Gasteiger partial charge in [0.15, 0.2) is 0 Å². The lowest BCUT2D eigenvalue weighted by atomic mass is 10.0. The molecule has 0 saturated heterocycles. The Bertz CT molecular complexity index is 820. The Hall–Kier alpha value is -2.60. The maximum atomic E-state index is 12.9. The highest BCUT2D eigenvalue weighted by Gasteiger charge is 2.56. The topological polar surface area (TPSA) is 67.4 Å². The van der Waals surface area contributed by atoms with Crippen molar-refractivity contribution in [2.75, 3.05) is 17.7 Å². The maximum absolute atomic E-state index is 12.9. The van der Waals surface area contributed by atoms with Crippen molar-refractivity contribution >= 4 is 34.8 Å². The standard InChI is InChI=1S/C18H16ClFN2O3/c1-25-15-7-2-11(19)10-14(15)22-17(24)18(8-9-18)16(23)21-13-5-3-12(20)4-6-13/h2-7,10H,8-9H2,1H3,(H,21,23)(H,22,24). The zero-order valence-corrected chi connectivity index (χ0v) is 14.2. The van der Waals surface area contributed by atoms with Gasteiger partial charge < -0.3 is 15.4 Å². The number of benzene rings is 2. The minimum absolute atomic E-state index is 0.398. The van der Waals surface area contributed by atoms with Crippen LogP contribution in [0.4, 0.5) is 15.8 Å². The third kappa shape index (κ3) is 3.58. The summed E-state index contributed by atoms with van der Waals surface area (Å²) in [6.45, 7) is 0. The van der Waals surface area contributed by atoms with Gasteiger partial charge in [-0.15, -0.1) is 0 Å². The third-order valence-corrected chi connectivity index (χ3v) is 4.37. The second kappa shape index (κ2) is 6.72. The van der Waals surface area contributed by atoms with Crippen LogP contribution in [-0.2, 0) is 9.59 Å². The van der Waals surface area contributed by atoms with Crippen molar-refractivity contribution in [3.8, 4) is 5.75 Å². The average Bonchev–Trinajstić information content (AvgIpc) is 3.39. The number of rotatable bonds is 5. The van der Waals surface area contributed by atoms with Crippen LogP contribution >= 0.6 is 11.6 Å². The van der Waals surface area contributed by atoms with Crippen molar-refractivity contribution in [3.63, 3.8) is 0 Å². The molecule has 25 heavy (non-hydrogen) atoms. The number of nitrogens with one attached hydrogen (secondary N) is 2. The molecule has 0 heterocycles. The molecule has 130 valence electrons. The van der Waals surface area contributed by atoms with Crippen LogP contribution in [0.3, 0.4) is 0 Å². The van der Waals surface area contributed by atoms with Crippen LogP contribution in [0, 0.1) is 11.2 Å². The fourth-order valence-corrected chi connectivity index (χ4v) is 2.66. The van der Waals surface area contributed by atoms with Gasteiger partial charge in [-0.25, -0.2) is 4.39 Å². The van der Waals surface area contributed by atoms with Gasteiger partial charge in [0.25, 0.3) is 0 Å². The summed E-state index contributed by atoms with van der Waals surface area (Å²) in [4.78, 5) is 25.1. The summed E-state index contributed by atoms with van der Waals surface area (Å²) in [6.07, 6.45) is 0.878. The molecule has 2 aromatic carbocycles. The first kappa shape index (κ1) is 17.2. The smallest absolute Gasteiger partial charge is 0.240 e. The lowest BCUT2D eigenvalue weighted by Gasteiger charge is -2.17. The van der Waals surface area contributed by atoms with Gasteiger partial charge in [0.2, 0.25) is 11.8 Å². The Kier molecular flexibility index (Phi) is 4.63. The molecule has 0 unspecified atom stereocenters. The van der Waals surface area contributed by atoms with E-state index in [1.165, 1.54) is 31.4 Å². The number of methoxy groups -OCH3 is 1. The van der Waals surface area contributed by atoms with Crippen LogP contribution in [-0.4, -0.2) is 18.9 Å². The zero-order chi connectivity index (χ0) is 18.0. The van der Waals surface area contributed by atoms with Gasteiger partial charge in [-0.3, -0.25) is 9.59 Å². The molecule has 0 aliphatic heterocycles. The monoisotopic (exact) mass is 362 g/mol. The SMILES string of the molecule is COc1ccc(Cl)cc1NC(=O)C1(C(=O)Nc2ccc(F)cc2)CC1. The number of ether oxygens (including phenoxy) is 1. The van der Waals surface area contributed by atoms with Gasteiger partial charge in [0.05, 0.1) is 12.8 Å². The first-order chi connectivity index (χ1) is 11.9. The number of carbonyl (C=O) groups excluding carboxylic acids is 2. The minimum atomic E-state index is -1.14. The van der Waals surface area contributed by atoms with E-state index in [1.54, 1.807) is 18.2 Å². The molecule has 0 radical (unpaired) electrons. The minimum Gasteiger partial charge on any atom is -0.495 e. The van der Waals surface area contributed by atoms with Crippen LogP contribution in [0.2, 0.25) is 5.02 Å². The molecule has 3 rings (SSSR count). The number of amides is 2. The van der Waals surface area contributed by atoms with Crippen molar-refractivity contribution in [1.29, 1.82) is 0 Å². The van der Waals surface area contributed by atoms with Gasteiger partial charge in [-0.1, -0.05) is 11.6 Å². The van der Waals surface area contributed by atoms with E-state index in [2.05, 4.69) is 10.6 Å². The van der Waals surface area contributed by atoms with Gasteiger partial charge >= 0.3 is 0 Å². The normalized spacial score (nSPS) is 14.5. The molecule has 1 aliphatic carbocycles. The molecule has 0 atom stereocenters. The Labute approximate surface area is 149 Å². The first-order valence-electron chi connectivity index (χ1n) is 7.67. The summed E-state index contributed by atoms with van der Waals surface area (Å²) in [6, 6.07) is 10.2. The Morgan fingerprint density at radius 2 is 1.72 bits per heavy atom. The van der Waals surface area contributed by atoms with Crippen LogP contribution in [0.5, 0.6) is 5.75 Å². The second-order valence-corrected chi connectivity index (χ2v) is 6.28. The molecule has 0 spiro atoms. The van der Waals surface area contributed by atoms with E-state index in [1.807, 2.05) is 0 Å². The van der Waals surface area contributed by atoms with Gasteiger partial charge in [0, 0.05) is 10.7 Å². The molecule has 5 nitrogen and oxygen atoms in total. The summed E-state index contributed by atoms with van der Waals surface area (Å²) < 4.78 is 18.1.